The number of benzene rings is 1. The van der Waals surface area contributed by atoms with Crippen LogP contribution in [-0.2, 0) is 6.54 Å². The van der Waals surface area contributed by atoms with Gasteiger partial charge >= 0.3 is 0 Å². The van der Waals surface area contributed by atoms with E-state index in [1.54, 1.807) is 7.11 Å². The Morgan fingerprint density at radius 3 is 2.50 bits per heavy atom. The van der Waals surface area contributed by atoms with Crippen LogP contribution in [-0.4, -0.2) is 40.9 Å². The topological polar surface area (TPSA) is 76.4 Å². The Morgan fingerprint density at radius 2 is 1.91 bits per heavy atom. The fraction of sp³-hybridized carbons (Fsp3) is 0.400. The van der Waals surface area contributed by atoms with Gasteiger partial charge in [0.05, 0.1) is 19.3 Å². The first-order chi connectivity index (χ1) is 15.5. The highest BCUT2D eigenvalue weighted by atomic mass is 16.5. The van der Waals surface area contributed by atoms with Crippen LogP contribution in [0.15, 0.2) is 53.7 Å². The van der Waals surface area contributed by atoms with Crippen LogP contribution in [0.2, 0.25) is 0 Å². The summed E-state index contributed by atoms with van der Waals surface area (Å²) < 4.78 is 7.10. The van der Waals surface area contributed by atoms with Gasteiger partial charge in [0.2, 0.25) is 0 Å². The van der Waals surface area contributed by atoms with E-state index in [1.165, 1.54) is 5.56 Å². The summed E-state index contributed by atoms with van der Waals surface area (Å²) in [6.07, 6.45) is 2.88. The fourth-order valence-electron chi connectivity index (χ4n) is 3.51. The number of hydrogen-bond acceptors (Lipinski definition) is 4. The zero-order chi connectivity index (χ0) is 22.9. The minimum Gasteiger partial charge on any atom is -0.497 e. The summed E-state index contributed by atoms with van der Waals surface area (Å²) in [7, 11) is 1.69. The number of rotatable bonds is 9. The van der Waals surface area contributed by atoms with Gasteiger partial charge in [-0.1, -0.05) is 25.1 Å². The van der Waals surface area contributed by atoms with E-state index < -0.39 is 0 Å². The molecule has 0 spiro atoms. The van der Waals surface area contributed by atoms with Crippen molar-refractivity contribution in [2.45, 2.75) is 46.6 Å². The molecule has 1 aromatic carbocycles. The molecule has 0 bridgehead atoms. The van der Waals surface area contributed by atoms with Crippen molar-refractivity contribution < 1.29 is 4.74 Å². The number of aryl methyl sites for hydroxylation is 2. The second-order valence-electron chi connectivity index (χ2n) is 7.95. The summed E-state index contributed by atoms with van der Waals surface area (Å²) in [5.74, 6) is 2.97. The van der Waals surface area contributed by atoms with Crippen molar-refractivity contribution in [2.24, 2.45) is 4.99 Å². The molecule has 2 aromatic heterocycles. The maximum atomic E-state index is 5.24. The number of pyridine rings is 1. The molecule has 0 fully saturated rings. The first-order valence-electron chi connectivity index (χ1n) is 11.1. The Balaban J connectivity index is 1.54. The minimum absolute atomic E-state index is 0.447. The van der Waals surface area contributed by atoms with E-state index in [2.05, 4.69) is 52.8 Å². The van der Waals surface area contributed by atoms with E-state index in [4.69, 9.17) is 9.73 Å². The van der Waals surface area contributed by atoms with E-state index in [-0.39, 0.29) is 0 Å². The van der Waals surface area contributed by atoms with Crippen LogP contribution in [0.25, 0.3) is 5.82 Å². The lowest BCUT2D eigenvalue weighted by Crippen LogP contribution is -2.38. The van der Waals surface area contributed by atoms with Crippen molar-refractivity contribution in [3.8, 4) is 11.6 Å². The van der Waals surface area contributed by atoms with Gasteiger partial charge in [0.25, 0.3) is 0 Å². The van der Waals surface area contributed by atoms with Gasteiger partial charge in [-0.05, 0) is 68.5 Å². The Labute approximate surface area is 190 Å². The molecule has 170 valence electrons. The van der Waals surface area contributed by atoms with Crippen LogP contribution in [0.5, 0.6) is 5.75 Å². The van der Waals surface area contributed by atoms with Crippen molar-refractivity contribution in [1.82, 2.24) is 25.4 Å². The summed E-state index contributed by atoms with van der Waals surface area (Å²) >= 11 is 0. The Hall–Kier alpha value is -3.35. The average molecular weight is 435 g/mol. The van der Waals surface area contributed by atoms with Gasteiger partial charge < -0.3 is 15.4 Å². The van der Waals surface area contributed by atoms with Gasteiger partial charge in [0, 0.05) is 25.0 Å². The molecule has 3 rings (SSSR count). The highest BCUT2D eigenvalue weighted by Gasteiger charge is 2.07. The molecule has 0 aliphatic carbocycles. The quantitative estimate of drug-likeness (QED) is 0.391. The summed E-state index contributed by atoms with van der Waals surface area (Å²) in [6, 6.07) is 14.4. The maximum Gasteiger partial charge on any atom is 0.191 e. The lowest BCUT2D eigenvalue weighted by atomic mass is 9.98. The van der Waals surface area contributed by atoms with E-state index in [1.807, 2.05) is 49.0 Å². The van der Waals surface area contributed by atoms with Crippen LogP contribution in [0.1, 0.15) is 48.7 Å². The second kappa shape index (κ2) is 11.3. The molecule has 7 nitrogen and oxygen atoms in total. The third-order valence-electron chi connectivity index (χ3n) is 5.35. The molecule has 2 heterocycles. The van der Waals surface area contributed by atoms with E-state index in [0.29, 0.717) is 12.5 Å². The number of methoxy groups -OCH3 is 1. The summed E-state index contributed by atoms with van der Waals surface area (Å²) in [4.78, 5) is 9.28. The van der Waals surface area contributed by atoms with Gasteiger partial charge in [0.15, 0.2) is 11.8 Å². The molecule has 0 saturated carbocycles. The second-order valence-corrected chi connectivity index (χ2v) is 7.95. The molecule has 1 atom stereocenters. The number of nitrogens with one attached hydrogen (secondary N) is 2. The molecule has 1 unspecified atom stereocenters. The van der Waals surface area contributed by atoms with E-state index in [9.17, 15) is 0 Å². The Kier molecular flexibility index (Phi) is 8.25. The van der Waals surface area contributed by atoms with Gasteiger partial charge in [-0.3, -0.25) is 0 Å². The van der Waals surface area contributed by atoms with Crippen LogP contribution >= 0.6 is 0 Å². The van der Waals surface area contributed by atoms with Crippen LogP contribution in [0, 0.1) is 13.8 Å². The minimum atomic E-state index is 0.447. The summed E-state index contributed by atoms with van der Waals surface area (Å²) in [5.41, 5.74) is 4.42. The predicted molar refractivity (Wildman–Crippen MR) is 130 cm³/mol. The molecule has 0 amide bonds. The van der Waals surface area contributed by atoms with Gasteiger partial charge in [-0.25, -0.2) is 14.7 Å². The molecule has 0 saturated heterocycles. The highest BCUT2D eigenvalue weighted by molar-refractivity contribution is 5.79. The standard InChI is InChI=1S/C25H34N6O/c1-6-26-25(27-14-13-18(2)22-8-10-23(32-5)11-9-22)29-17-21-7-12-24(28-16-21)31-20(4)15-19(3)30-31/h7-12,15-16,18H,6,13-14,17H2,1-5H3,(H2,26,27,29). The summed E-state index contributed by atoms with van der Waals surface area (Å²) in [6.45, 7) is 10.5. The monoisotopic (exact) mass is 434 g/mol. The number of ether oxygens (including phenoxy) is 1. The average Bonchev–Trinajstić information content (AvgIpc) is 3.15. The zero-order valence-electron chi connectivity index (χ0n) is 19.7. The first-order valence-corrected chi connectivity index (χ1v) is 11.1. The molecular formula is C25H34N6O. The van der Waals surface area contributed by atoms with Crippen molar-refractivity contribution >= 4 is 5.96 Å². The van der Waals surface area contributed by atoms with Crippen molar-refractivity contribution in [2.75, 3.05) is 20.2 Å². The number of aliphatic imine (C=N–C) groups is 1. The van der Waals surface area contributed by atoms with Crippen LogP contribution < -0.4 is 15.4 Å². The highest BCUT2D eigenvalue weighted by Crippen LogP contribution is 2.21. The molecule has 32 heavy (non-hydrogen) atoms. The largest absolute Gasteiger partial charge is 0.497 e. The number of aromatic nitrogens is 3. The molecule has 2 N–H and O–H groups in total. The Morgan fingerprint density at radius 1 is 1.12 bits per heavy atom. The molecule has 7 heteroatoms. The van der Waals surface area contributed by atoms with Crippen molar-refractivity contribution in [3.05, 3.63) is 71.2 Å². The van der Waals surface area contributed by atoms with Crippen molar-refractivity contribution in [3.63, 3.8) is 0 Å². The van der Waals surface area contributed by atoms with Crippen LogP contribution in [0.3, 0.4) is 0 Å². The normalized spacial score (nSPS) is 12.5. The van der Waals surface area contributed by atoms with Crippen LogP contribution in [0.4, 0.5) is 0 Å². The van der Waals surface area contributed by atoms with E-state index >= 15 is 0 Å². The smallest absolute Gasteiger partial charge is 0.191 e. The van der Waals surface area contributed by atoms with E-state index in [0.717, 1.165) is 54.0 Å². The van der Waals surface area contributed by atoms with Gasteiger partial charge in [-0.2, -0.15) is 5.10 Å². The molecule has 3 aromatic rings. The molecule has 0 aliphatic rings. The summed E-state index contributed by atoms with van der Waals surface area (Å²) in [5, 5.41) is 11.2. The van der Waals surface area contributed by atoms with Gasteiger partial charge in [0.1, 0.15) is 5.75 Å². The molecule has 0 radical (unpaired) electrons. The van der Waals surface area contributed by atoms with Gasteiger partial charge in [-0.15, -0.1) is 0 Å². The lowest BCUT2D eigenvalue weighted by Gasteiger charge is -2.15. The fourth-order valence-corrected chi connectivity index (χ4v) is 3.51. The predicted octanol–water partition coefficient (Wildman–Crippen LogP) is 4.14. The van der Waals surface area contributed by atoms with Crippen molar-refractivity contribution in [1.29, 1.82) is 0 Å². The Bertz CT molecular complexity index is 1010. The zero-order valence-corrected chi connectivity index (χ0v) is 19.7. The third kappa shape index (κ3) is 6.33. The number of nitrogens with zero attached hydrogens (tertiary/aromatic N) is 4. The number of hydrogen-bond donors (Lipinski definition) is 2. The molecule has 0 aliphatic heterocycles. The SMILES string of the molecule is CCNC(=NCc1ccc(-n2nc(C)cc2C)nc1)NCCC(C)c1ccc(OC)cc1. The lowest BCUT2D eigenvalue weighted by molar-refractivity contribution is 0.414. The molecular weight excluding hydrogens is 400 g/mol. The third-order valence-corrected chi connectivity index (χ3v) is 5.35. The first kappa shape index (κ1) is 23.3. The number of guanidine groups is 1. The maximum absolute atomic E-state index is 5.24.